The summed E-state index contributed by atoms with van der Waals surface area (Å²) in [6.07, 6.45) is -4.74. The van der Waals surface area contributed by atoms with Gasteiger partial charge in [-0.25, -0.2) is 12.8 Å². The van der Waals surface area contributed by atoms with Crippen LogP contribution in [-0.2, 0) is 29.0 Å². The van der Waals surface area contributed by atoms with Gasteiger partial charge in [0, 0.05) is 12.0 Å². The van der Waals surface area contributed by atoms with Gasteiger partial charge in [-0.15, -0.1) is 0 Å². The first-order valence-electron chi connectivity index (χ1n) is 11.8. The minimum atomic E-state index is -4.84. The average Bonchev–Trinajstić information content (AvgIpc) is 3.22. The van der Waals surface area contributed by atoms with Crippen LogP contribution in [0.5, 0.6) is 0 Å². The van der Waals surface area contributed by atoms with Gasteiger partial charge in [0.2, 0.25) is 10.0 Å². The van der Waals surface area contributed by atoms with Gasteiger partial charge in [-0.1, -0.05) is 60.9 Å². The summed E-state index contributed by atoms with van der Waals surface area (Å²) >= 11 is 6.29. The van der Waals surface area contributed by atoms with Gasteiger partial charge in [-0.2, -0.15) is 13.2 Å². The Morgan fingerprint density at radius 2 is 1.76 bits per heavy atom. The molecule has 1 heterocycles. The molecule has 1 N–H and O–H groups in total. The zero-order valence-electron chi connectivity index (χ0n) is 20.4. The number of anilines is 1. The Bertz CT molecular complexity index is 1310. The molecule has 0 aliphatic rings. The van der Waals surface area contributed by atoms with Crippen LogP contribution in [-0.4, -0.2) is 43.9 Å². The second-order valence-corrected chi connectivity index (χ2v) is 10.6. The van der Waals surface area contributed by atoms with E-state index in [9.17, 15) is 26.0 Å². The summed E-state index contributed by atoms with van der Waals surface area (Å²) in [6.45, 7) is 6.16. The van der Waals surface area contributed by atoms with Crippen molar-refractivity contribution in [3.63, 3.8) is 0 Å². The molecule has 0 amide bonds. The van der Waals surface area contributed by atoms with Crippen molar-refractivity contribution in [2.45, 2.75) is 39.3 Å². The average molecular weight is 562 g/mol. The van der Waals surface area contributed by atoms with Crippen LogP contribution < -0.4 is 4.72 Å². The first-order valence-corrected chi connectivity index (χ1v) is 13.8. The van der Waals surface area contributed by atoms with Gasteiger partial charge >= 0.3 is 6.18 Å². The Kier molecular flexibility index (Phi) is 9.60. The summed E-state index contributed by atoms with van der Waals surface area (Å²) in [6, 6.07) is 9.65. The second-order valence-electron chi connectivity index (χ2n) is 8.39. The van der Waals surface area contributed by atoms with E-state index in [1.54, 1.807) is 24.3 Å². The molecule has 37 heavy (non-hydrogen) atoms. The number of nitrogens with one attached hydrogen (secondary N) is 1. The summed E-state index contributed by atoms with van der Waals surface area (Å²) in [7, 11) is -3.84. The minimum Gasteiger partial charge on any atom is -0.358 e. The maximum Gasteiger partial charge on any atom is 0.419 e. The fourth-order valence-corrected chi connectivity index (χ4v) is 5.26. The van der Waals surface area contributed by atoms with Crippen LogP contribution in [0.3, 0.4) is 0 Å². The monoisotopic (exact) mass is 561 g/mol. The molecule has 6 nitrogen and oxygen atoms in total. The molecule has 0 atom stereocenters. The number of halogens is 5. The molecular weight excluding hydrogens is 534 g/mol. The van der Waals surface area contributed by atoms with E-state index in [0.29, 0.717) is 29.6 Å². The number of hydrogen-bond donors (Lipinski definition) is 1. The Morgan fingerprint density at radius 1 is 1.05 bits per heavy atom. The molecule has 0 spiro atoms. The van der Waals surface area contributed by atoms with Crippen molar-refractivity contribution in [1.82, 2.24) is 10.1 Å². The molecule has 2 aromatic carbocycles. The molecule has 0 unspecified atom stereocenters. The van der Waals surface area contributed by atoms with E-state index in [1.807, 2.05) is 13.8 Å². The maximum atomic E-state index is 14.5. The zero-order valence-corrected chi connectivity index (χ0v) is 22.0. The number of alkyl halides is 3. The number of aryl methyl sites for hydroxylation is 2. The Morgan fingerprint density at radius 3 is 2.41 bits per heavy atom. The lowest BCUT2D eigenvalue weighted by Crippen LogP contribution is -2.27. The lowest BCUT2D eigenvalue weighted by molar-refractivity contribution is -0.140. The first kappa shape index (κ1) is 28.9. The molecule has 0 saturated heterocycles. The predicted octanol–water partition coefficient (Wildman–Crippen LogP) is 6.41. The lowest BCUT2D eigenvalue weighted by atomic mass is 10.0. The van der Waals surface area contributed by atoms with Crippen molar-refractivity contribution in [3.05, 3.63) is 70.2 Å². The Labute approximate surface area is 218 Å². The maximum absolute atomic E-state index is 14.5. The van der Waals surface area contributed by atoms with Gasteiger partial charge in [-0.3, -0.25) is 4.72 Å². The third-order valence-corrected chi connectivity index (χ3v) is 7.61. The number of hydrogen-bond acceptors (Lipinski definition) is 5. The van der Waals surface area contributed by atoms with E-state index in [0.717, 1.165) is 19.2 Å². The van der Waals surface area contributed by atoms with Gasteiger partial charge in [0.1, 0.15) is 17.2 Å². The number of rotatable bonds is 12. The fourth-order valence-electron chi connectivity index (χ4n) is 3.90. The third-order valence-electron chi connectivity index (χ3n) is 5.94. The molecule has 0 fully saturated rings. The van der Waals surface area contributed by atoms with Gasteiger partial charge < -0.3 is 9.42 Å². The quantitative estimate of drug-likeness (QED) is 0.259. The summed E-state index contributed by atoms with van der Waals surface area (Å²) in [5.41, 5.74) is -0.974. The molecule has 3 aromatic rings. The molecule has 0 radical (unpaired) electrons. The van der Waals surface area contributed by atoms with Crippen molar-refractivity contribution in [2.24, 2.45) is 0 Å². The summed E-state index contributed by atoms with van der Waals surface area (Å²) in [5, 5.41) is 4.29. The molecule has 0 saturated carbocycles. The van der Waals surface area contributed by atoms with Crippen molar-refractivity contribution in [2.75, 3.05) is 30.1 Å². The van der Waals surface area contributed by atoms with Crippen LogP contribution in [0.25, 0.3) is 11.3 Å². The zero-order chi connectivity index (χ0) is 27.2. The van der Waals surface area contributed by atoms with E-state index >= 15 is 0 Å². The number of nitrogens with zero attached hydrogens (tertiary/aromatic N) is 2. The highest BCUT2D eigenvalue weighted by Crippen LogP contribution is 2.37. The first-order chi connectivity index (χ1) is 17.5. The highest BCUT2D eigenvalue weighted by molar-refractivity contribution is 7.92. The van der Waals surface area contributed by atoms with Gasteiger partial charge in [0.25, 0.3) is 0 Å². The molecule has 0 aliphatic heterocycles. The third kappa shape index (κ3) is 7.45. The molecule has 0 aliphatic carbocycles. The van der Waals surface area contributed by atoms with Crippen LogP contribution >= 0.6 is 11.6 Å². The van der Waals surface area contributed by atoms with Gasteiger partial charge in [-0.05, 0) is 50.2 Å². The highest BCUT2D eigenvalue weighted by atomic mass is 35.5. The fraction of sp³-hybridized carbons (Fsp3) is 0.400. The van der Waals surface area contributed by atoms with E-state index in [4.69, 9.17) is 16.1 Å². The van der Waals surface area contributed by atoms with Crippen LogP contribution in [0, 0.1) is 5.82 Å². The molecule has 12 heteroatoms. The number of aromatic nitrogens is 1. The summed E-state index contributed by atoms with van der Waals surface area (Å²) in [4.78, 5) is 2.10. The van der Waals surface area contributed by atoms with E-state index < -0.39 is 27.6 Å². The largest absolute Gasteiger partial charge is 0.419 e. The van der Waals surface area contributed by atoms with E-state index in [2.05, 4.69) is 14.8 Å². The standard InChI is InChI=1S/C25H28ClF4N3O3S/c1-3-33(4-2)15-8-16-37(34,35)32-24-21(36-31-23(24)18-10-5-6-12-20(18)26)14-13-17-9-7-11-19(22(17)27)25(28,29)30/h5-7,9-12,32H,3-4,8,13-16H2,1-2H3. The second kappa shape index (κ2) is 12.3. The van der Waals surface area contributed by atoms with E-state index in [-0.39, 0.29) is 41.3 Å². The van der Waals surface area contributed by atoms with Crippen molar-refractivity contribution < 1.29 is 30.5 Å². The molecule has 202 valence electrons. The van der Waals surface area contributed by atoms with Crippen LogP contribution in [0.15, 0.2) is 47.0 Å². The number of sulfonamides is 1. The van der Waals surface area contributed by atoms with E-state index in [1.165, 1.54) is 6.07 Å². The van der Waals surface area contributed by atoms with Crippen LogP contribution in [0.2, 0.25) is 5.02 Å². The molecule has 0 bridgehead atoms. The van der Waals surface area contributed by atoms with Crippen LogP contribution in [0.1, 0.15) is 37.2 Å². The topological polar surface area (TPSA) is 75.4 Å². The lowest BCUT2D eigenvalue weighted by Gasteiger charge is -2.17. The summed E-state index contributed by atoms with van der Waals surface area (Å²) in [5.74, 6) is -1.49. The van der Waals surface area contributed by atoms with Crippen molar-refractivity contribution in [3.8, 4) is 11.3 Å². The SMILES string of the molecule is CCN(CC)CCCS(=O)(=O)Nc1c(-c2ccccc2Cl)noc1CCc1cccc(C(F)(F)F)c1F. The Hall–Kier alpha value is -2.63. The van der Waals surface area contributed by atoms with Crippen LogP contribution in [0.4, 0.5) is 23.2 Å². The minimum absolute atomic E-state index is 0.0309. The van der Waals surface area contributed by atoms with Crippen molar-refractivity contribution in [1.29, 1.82) is 0 Å². The highest BCUT2D eigenvalue weighted by Gasteiger charge is 2.35. The predicted molar refractivity (Wildman–Crippen MR) is 136 cm³/mol. The molecular formula is C25H28ClF4N3O3S. The molecule has 3 rings (SSSR count). The number of benzene rings is 2. The van der Waals surface area contributed by atoms with Gasteiger partial charge in [0.15, 0.2) is 5.76 Å². The normalized spacial score (nSPS) is 12.3. The van der Waals surface area contributed by atoms with Gasteiger partial charge in [0.05, 0.1) is 16.3 Å². The molecule has 1 aromatic heterocycles. The smallest absolute Gasteiger partial charge is 0.358 e. The summed E-state index contributed by atoms with van der Waals surface area (Å²) < 4.78 is 87.7. The Balaban J connectivity index is 1.90. The van der Waals surface area contributed by atoms with Crippen molar-refractivity contribution >= 4 is 27.3 Å².